The van der Waals surface area contributed by atoms with E-state index >= 15 is 0 Å². The third-order valence-corrected chi connectivity index (χ3v) is 5.77. The Labute approximate surface area is 186 Å². The number of aromatic nitrogens is 2. The Morgan fingerprint density at radius 1 is 1.00 bits per heavy atom. The van der Waals surface area contributed by atoms with Crippen molar-refractivity contribution >= 4 is 16.8 Å². The van der Waals surface area contributed by atoms with Crippen molar-refractivity contribution < 1.29 is 9.53 Å². The zero-order valence-corrected chi connectivity index (χ0v) is 18.6. The van der Waals surface area contributed by atoms with Crippen LogP contribution in [0.1, 0.15) is 34.7 Å². The number of fused-ring (bicyclic) bond motifs is 1. The van der Waals surface area contributed by atoms with Crippen molar-refractivity contribution in [2.75, 3.05) is 14.2 Å². The van der Waals surface area contributed by atoms with Crippen LogP contribution in [0, 0.1) is 6.92 Å². The summed E-state index contributed by atoms with van der Waals surface area (Å²) in [5.74, 6) is 1.02. The van der Waals surface area contributed by atoms with Gasteiger partial charge in [-0.2, -0.15) is 0 Å². The second-order valence-electron chi connectivity index (χ2n) is 7.73. The molecule has 0 fully saturated rings. The summed E-state index contributed by atoms with van der Waals surface area (Å²) in [6.07, 6.45) is 0. The molecule has 4 rings (SSSR count). The van der Waals surface area contributed by atoms with E-state index in [0.717, 1.165) is 11.3 Å². The lowest BCUT2D eigenvalue weighted by Gasteiger charge is -2.27. The van der Waals surface area contributed by atoms with Gasteiger partial charge in [-0.3, -0.25) is 14.2 Å². The van der Waals surface area contributed by atoms with E-state index in [1.165, 1.54) is 0 Å². The van der Waals surface area contributed by atoms with E-state index in [9.17, 15) is 9.59 Å². The average Bonchev–Trinajstić information content (AvgIpc) is 2.83. The number of benzene rings is 3. The van der Waals surface area contributed by atoms with E-state index in [4.69, 9.17) is 9.72 Å². The van der Waals surface area contributed by atoms with Crippen LogP contribution in [0.4, 0.5) is 0 Å². The molecule has 0 aliphatic carbocycles. The predicted molar refractivity (Wildman–Crippen MR) is 126 cm³/mol. The predicted octanol–water partition coefficient (Wildman–Crippen LogP) is 4.54. The van der Waals surface area contributed by atoms with Crippen molar-refractivity contribution in [1.29, 1.82) is 0 Å². The van der Waals surface area contributed by atoms with Gasteiger partial charge in [0.1, 0.15) is 11.6 Å². The minimum atomic E-state index is -0.457. The number of carbonyl (C=O) groups excluding carboxylic acids is 1. The highest BCUT2D eigenvalue weighted by Crippen LogP contribution is 2.25. The Balaban J connectivity index is 1.85. The summed E-state index contributed by atoms with van der Waals surface area (Å²) in [5.41, 5.74) is 2.68. The first kappa shape index (κ1) is 21.3. The zero-order chi connectivity index (χ0) is 22.8. The van der Waals surface area contributed by atoms with E-state index in [-0.39, 0.29) is 11.5 Å². The minimum Gasteiger partial charge on any atom is -0.497 e. The van der Waals surface area contributed by atoms with Crippen LogP contribution in [0.5, 0.6) is 5.75 Å². The fourth-order valence-corrected chi connectivity index (χ4v) is 3.76. The third kappa shape index (κ3) is 3.75. The lowest BCUT2D eigenvalue weighted by atomic mass is 10.1. The number of hydrogen-bond donors (Lipinski definition) is 0. The van der Waals surface area contributed by atoms with Crippen molar-refractivity contribution in [2.45, 2.75) is 19.9 Å². The monoisotopic (exact) mass is 427 g/mol. The molecule has 3 aromatic carbocycles. The van der Waals surface area contributed by atoms with Crippen LogP contribution in [0.15, 0.2) is 77.6 Å². The Kier molecular flexibility index (Phi) is 5.77. The van der Waals surface area contributed by atoms with Gasteiger partial charge in [-0.25, -0.2) is 4.98 Å². The molecular formula is C26H25N3O3. The summed E-state index contributed by atoms with van der Waals surface area (Å²) in [7, 11) is 3.31. The van der Waals surface area contributed by atoms with E-state index in [1.807, 2.05) is 56.3 Å². The lowest BCUT2D eigenvalue weighted by molar-refractivity contribution is 0.0735. The van der Waals surface area contributed by atoms with Crippen LogP contribution in [-0.2, 0) is 0 Å². The number of carbonyl (C=O) groups is 1. The zero-order valence-electron chi connectivity index (χ0n) is 18.6. The van der Waals surface area contributed by atoms with Crippen LogP contribution < -0.4 is 10.3 Å². The molecule has 0 saturated heterocycles. The summed E-state index contributed by atoms with van der Waals surface area (Å²) in [4.78, 5) is 33.2. The molecule has 4 aromatic rings. The van der Waals surface area contributed by atoms with Gasteiger partial charge in [0.2, 0.25) is 0 Å². The summed E-state index contributed by atoms with van der Waals surface area (Å²) in [6, 6.07) is 21.5. The molecular weight excluding hydrogens is 402 g/mol. The summed E-state index contributed by atoms with van der Waals surface area (Å²) < 4.78 is 6.81. The molecule has 6 nitrogen and oxygen atoms in total. The fraction of sp³-hybridized carbons (Fsp3) is 0.192. The van der Waals surface area contributed by atoms with Gasteiger partial charge in [-0.1, -0.05) is 30.3 Å². The van der Waals surface area contributed by atoms with Crippen molar-refractivity contribution in [1.82, 2.24) is 14.5 Å². The molecule has 1 atom stereocenters. The summed E-state index contributed by atoms with van der Waals surface area (Å²) >= 11 is 0. The van der Waals surface area contributed by atoms with Gasteiger partial charge in [-0.15, -0.1) is 0 Å². The molecule has 0 bridgehead atoms. The number of ether oxygens (including phenoxy) is 1. The van der Waals surface area contributed by atoms with E-state index in [2.05, 4.69) is 0 Å². The minimum absolute atomic E-state index is 0.156. The highest BCUT2D eigenvalue weighted by atomic mass is 16.5. The summed E-state index contributed by atoms with van der Waals surface area (Å²) in [6.45, 7) is 3.84. The number of para-hydroxylation sites is 2. The molecule has 0 aliphatic heterocycles. The number of hydrogen-bond acceptors (Lipinski definition) is 4. The van der Waals surface area contributed by atoms with Crippen molar-refractivity contribution in [3.63, 3.8) is 0 Å². The van der Waals surface area contributed by atoms with Gasteiger partial charge in [0.05, 0.1) is 29.7 Å². The number of methoxy groups -OCH3 is 1. The standard InChI is InChI=1S/C26H25N3O3/c1-17-9-5-8-12-23(17)29-24(27-22-11-7-6-10-21(22)26(29)31)18(2)28(3)25(30)19-13-15-20(32-4)16-14-19/h5-16,18H,1-4H3. The Morgan fingerprint density at radius 2 is 1.66 bits per heavy atom. The van der Waals surface area contributed by atoms with Gasteiger partial charge in [-0.05, 0) is 61.9 Å². The largest absolute Gasteiger partial charge is 0.497 e. The van der Waals surface area contributed by atoms with Gasteiger partial charge in [0.15, 0.2) is 0 Å². The van der Waals surface area contributed by atoms with Gasteiger partial charge in [0.25, 0.3) is 11.5 Å². The SMILES string of the molecule is COc1ccc(C(=O)N(C)C(C)c2nc3ccccc3c(=O)n2-c2ccccc2C)cc1. The van der Waals surface area contributed by atoms with Gasteiger partial charge in [0, 0.05) is 12.6 Å². The molecule has 6 heteroatoms. The Morgan fingerprint density at radius 3 is 2.34 bits per heavy atom. The molecule has 0 N–H and O–H groups in total. The molecule has 1 amide bonds. The maximum atomic E-state index is 13.5. The molecule has 1 heterocycles. The molecule has 1 unspecified atom stereocenters. The van der Waals surface area contributed by atoms with Crippen LogP contribution in [0.2, 0.25) is 0 Å². The second kappa shape index (κ2) is 8.67. The molecule has 0 aliphatic rings. The maximum Gasteiger partial charge on any atom is 0.266 e. The molecule has 0 saturated carbocycles. The third-order valence-electron chi connectivity index (χ3n) is 5.77. The number of nitrogens with zero attached hydrogens (tertiary/aromatic N) is 3. The Bertz CT molecular complexity index is 1340. The highest BCUT2D eigenvalue weighted by molar-refractivity contribution is 5.94. The van der Waals surface area contributed by atoms with Crippen LogP contribution >= 0.6 is 0 Å². The number of aryl methyl sites for hydroxylation is 1. The first-order valence-electron chi connectivity index (χ1n) is 10.4. The van der Waals surface area contributed by atoms with Crippen LogP contribution in [0.3, 0.4) is 0 Å². The molecule has 32 heavy (non-hydrogen) atoms. The highest BCUT2D eigenvalue weighted by Gasteiger charge is 2.25. The van der Waals surface area contributed by atoms with Crippen molar-refractivity contribution in [3.05, 3.63) is 100 Å². The van der Waals surface area contributed by atoms with E-state index < -0.39 is 6.04 Å². The second-order valence-corrected chi connectivity index (χ2v) is 7.73. The average molecular weight is 428 g/mol. The fourth-order valence-electron chi connectivity index (χ4n) is 3.76. The molecule has 0 spiro atoms. The van der Waals surface area contributed by atoms with Gasteiger partial charge >= 0.3 is 0 Å². The van der Waals surface area contributed by atoms with E-state index in [1.54, 1.807) is 54.0 Å². The van der Waals surface area contributed by atoms with Crippen molar-refractivity contribution in [3.8, 4) is 11.4 Å². The van der Waals surface area contributed by atoms with E-state index in [0.29, 0.717) is 28.0 Å². The number of amides is 1. The lowest BCUT2D eigenvalue weighted by Crippen LogP contribution is -2.35. The van der Waals surface area contributed by atoms with Crippen molar-refractivity contribution in [2.24, 2.45) is 0 Å². The quantitative estimate of drug-likeness (QED) is 0.469. The smallest absolute Gasteiger partial charge is 0.266 e. The topological polar surface area (TPSA) is 64.4 Å². The maximum absolute atomic E-state index is 13.5. The van der Waals surface area contributed by atoms with Crippen LogP contribution in [-0.4, -0.2) is 34.5 Å². The Hall–Kier alpha value is -3.93. The van der Waals surface area contributed by atoms with Gasteiger partial charge < -0.3 is 9.64 Å². The first-order valence-corrected chi connectivity index (χ1v) is 10.4. The summed E-state index contributed by atoms with van der Waals surface area (Å²) in [5, 5.41) is 0.538. The van der Waals surface area contributed by atoms with Crippen LogP contribution in [0.25, 0.3) is 16.6 Å². The molecule has 0 radical (unpaired) electrons. The molecule has 162 valence electrons. The molecule has 1 aromatic heterocycles. The normalized spacial score (nSPS) is 11.9. The first-order chi connectivity index (χ1) is 15.4. The number of rotatable bonds is 5.